The first-order valence-electron chi connectivity index (χ1n) is 8.77. The number of hydrogen-bond donors (Lipinski definition) is 2. The Kier molecular flexibility index (Phi) is 5.91. The SMILES string of the molecule is CCCCCCN=C(NCC)NC1C2CCOC2C1(C)C. The molecule has 2 fully saturated rings. The summed E-state index contributed by atoms with van der Waals surface area (Å²) in [6.45, 7) is 11.7. The van der Waals surface area contributed by atoms with Gasteiger partial charge in [-0.15, -0.1) is 0 Å². The van der Waals surface area contributed by atoms with E-state index in [1.54, 1.807) is 0 Å². The summed E-state index contributed by atoms with van der Waals surface area (Å²) in [5.74, 6) is 1.64. The normalized spacial score (nSPS) is 30.7. The van der Waals surface area contributed by atoms with Crippen LogP contribution in [0, 0.1) is 11.3 Å². The molecule has 4 heteroatoms. The van der Waals surface area contributed by atoms with E-state index in [1.807, 2.05) is 0 Å². The number of ether oxygens (including phenoxy) is 1. The number of rotatable bonds is 7. The number of nitrogens with one attached hydrogen (secondary N) is 2. The summed E-state index contributed by atoms with van der Waals surface area (Å²) in [5.41, 5.74) is 0.208. The van der Waals surface area contributed by atoms with Crippen LogP contribution < -0.4 is 10.6 Å². The molecule has 0 spiro atoms. The number of nitrogens with zero attached hydrogens (tertiary/aromatic N) is 1. The number of guanidine groups is 1. The molecule has 0 aromatic rings. The number of aliphatic imine (C=N–C) groups is 1. The van der Waals surface area contributed by atoms with Gasteiger partial charge in [-0.2, -0.15) is 0 Å². The average Bonchev–Trinajstić information content (AvgIpc) is 2.91. The van der Waals surface area contributed by atoms with Crippen molar-refractivity contribution in [2.75, 3.05) is 19.7 Å². The third kappa shape index (κ3) is 3.71. The van der Waals surface area contributed by atoms with Gasteiger partial charge in [0.1, 0.15) is 0 Å². The lowest BCUT2D eigenvalue weighted by molar-refractivity contribution is -0.106. The van der Waals surface area contributed by atoms with Crippen molar-refractivity contribution in [3.63, 3.8) is 0 Å². The predicted octanol–water partition coefficient (Wildman–Crippen LogP) is 2.94. The smallest absolute Gasteiger partial charge is 0.191 e. The van der Waals surface area contributed by atoms with Crippen LogP contribution in [0.2, 0.25) is 0 Å². The Labute approximate surface area is 130 Å². The second-order valence-corrected chi connectivity index (χ2v) is 7.01. The van der Waals surface area contributed by atoms with Gasteiger partial charge in [0, 0.05) is 37.1 Å². The summed E-state index contributed by atoms with van der Waals surface area (Å²) in [6.07, 6.45) is 6.68. The Bertz CT molecular complexity index is 354. The molecule has 2 rings (SSSR count). The van der Waals surface area contributed by atoms with Gasteiger partial charge in [-0.05, 0) is 19.8 Å². The van der Waals surface area contributed by atoms with Crippen LogP contribution in [0.5, 0.6) is 0 Å². The zero-order valence-electron chi connectivity index (χ0n) is 14.2. The third-order valence-electron chi connectivity index (χ3n) is 5.02. The molecule has 122 valence electrons. The lowest BCUT2D eigenvalue weighted by atomic mass is 9.57. The van der Waals surface area contributed by atoms with Crippen molar-refractivity contribution >= 4 is 5.96 Å². The molecule has 21 heavy (non-hydrogen) atoms. The molecule has 2 N–H and O–H groups in total. The van der Waals surface area contributed by atoms with Crippen LogP contribution in [0.15, 0.2) is 4.99 Å². The Morgan fingerprint density at radius 3 is 2.76 bits per heavy atom. The maximum absolute atomic E-state index is 5.86. The molecule has 3 atom stereocenters. The third-order valence-corrected chi connectivity index (χ3v) is 5.02. The first-order valence-corrected chi connectivity index (χ1v) is 8.77. The second-order valence-electron chi connectivity index (χ2n) is 7.01. The predicted molar refractivity (Wildman–Crippen MR) is 88.7 cm³/mol. The van der Waals surface area contributed by atoms with Gasteiger partial charge in [0.2, 0.25) is 0 Å². The van der Waals surface area contributed by atoms with E-state index < -0.39 is 0 Å². The quantitative estimate of drug-likeness (QED) is 0.431. The zero-order chi connectivity index (χ0) is 15.3. The van der Waals surface area contributed by atoms with Crippen molar-refractivity contribution in [2.24, 2.45) is 16.3 Å². The second kappa shape index (κ2) is 7.48. The van der Waals surface area contributed by atoms with E-state index in [0.717, 1.165) is 25.7 Å². The van der Waals surface area contributed by atoms with E-state index in [-0.39, 0.29) is 5.41 Å². The molecule has 0 aromatic carbocycles. The van der Waals surface area contributed by atoms with Crippen molar-refractivity contribution in [3.8, 4) is 0 Å². The minimum atomic E-state index is 0.208. The molecular formula is C17H33N3O. The maximum atomic E-state index is 5.86. The Morgan fingerprint density at radius 2 is 2.05 bits per heavy atom. The molecule has 0 amide bonds. The summed E-state index contributed by atoms with van der Waals surface area (Å²) in [5, 5.41) is 7.05. The van der Waals surface area contributed by atoms with Crippen molar-refractivity contribution in [1.29, 1.82) is 0 Å². The molecule has 1 aliphatic heterocycles. The van der Waals surface area contributed by atoms with Crippen LogP contribution in [0.3, 0.4) is 0 Å². The summed E-state index contributed by atoms with van der Waals surface area (Å²) in [7, 11) is 0. The molecule has 1 aliphatic carbocycles. The van der Waals surface area contributed by atoms with Gasteiger partial charge in [0.25, 0.3) is 0 Å². The van der Waals surface area contributed by atoms with Crippen LogP contribution in [0.1, 0.15) is 59.8 Å². The zero-order valence-corrected chi connectivity index (χ0v) is 14.2. The van der Waals surface area contributed by atoms with E-state index in [0.29, 0.717) is 18.1 Å². The molecular weight excluding hydrogens is 262 g/mol. The summed E-state index contributed by atoms with van der Waals surface area (Å²) in [4.78, 5) is 4.74. The van der Waals surface area contributed by atoms with Crippen LogP contribution in [-0.2, 0) is 4.74 Å². The lowest BCUT2D eigenvalue weighted by Crippen LogP contribution is -2.67. The van der Waals surface area contributed by atoms with Crippen LogP contribution in [-0.4, -0.2) is 37.8 Å². The number of unbranched alkanes of at least 4 members (excludes halogenated alkanes) is 3. The van der Waals surface area contributed by atoms with E-state index in [1.165, 1.54) is 32.1 Å². The highest BCUT2D eigenvalue weighted by atomic mass is 16.5. The lowest BCUT2D eigenvalue weighted by Gasteiger charge is -2.54. The van der Waals surface area contributed by atoms with Crippen LogP contribution in [0.25, 0.3) is 0 Å². The first kappa shape index (κ1) is 16.6. The fraction of sp³-hybridized carbons (Fsp3) is 0.941. The fourth-order valence-corrected chi connectivity index (χ4v) is 3.81. The average molecular weight is 295 g/mol. The molecule has 4 nitrogen and oxygen atoms in total. The monoisotopic (exact) mass is 295 g/mol. The molecule has 0 radical (unpaired) electrons. The van der Waals surface area contributed by atoms with Gasteiger partial charge in [0.15, 0.2) is 5.96 Å². The standard InChI is InChI=1S/C17H33N3O/c1-5-7-8-9-11-19-16(18-6-2)20-14-13-10-12-21-15(13)17(14,3)4/h13-15H,5-12H2,1-4H3,(H2,18,19,20). The van der Waals surface area contributed by atoms with E-state index in [2.05, 4.69) is 38.3 Å². The van der Waals surface area contributed by atoms with Gasteiger partial charge in [-0.25, -0.2) is 0 Å². The fourth-order valence-electron chi connectivity index (χ4n) is 3.81. The van der Waals surface area contributed by atoms with Crippen molar-refractivity contribution < 1.29 is 4.74 Å². The minimum absolute atomic E-state index is 0.208. The minimum Gasteiger partial charge on any atom is -0.377 e. The Hall–Kier alpha value is -0.770. The molecule has 0 bridgehead atoms. The van der Waals surface area contributed by atoms with Gasteiger partial charge in [-0.3, -0.25) is 4.99 Å². The molecule has 1 heterocycles. The first-order chi connectivity index (χ1) is 10.1. The van der Waals surface area contributed by atoms with Gasteiger partial charge >= 0.3 is 0 Å². The summed E-state index contributed by atoms with van der Waals surface area (Å²) >= 11 is 0. The topological polar surface area (TPSA) is 45.7 Å². The Balaban J connectivity index is 1.85. The highest BCUT2D eigenvalue weighted by Crippen LogP contribution is 2.52. The van der Waals surface area contributed by atoms with E-state index in [4.69, 9.17) is 9.73 Å². The molecule has 2 aliphatic rings. The van der Waals surface area contributed by atoms with Crippen molar-refractivity contribution in [3.05, 3.63) is 0 Å². The highest BCUT2D eigenvalue weighted by Gasteiger charge is 2.59. The van der Waals surface area contributed by atoms with Crippen molar-refractivity contribution in [1.82, 2.24) is 10.6 Å². The van der Waals surface area contributed by atoms with Gasteiger partial charge in [0.05, 0.1) is 6.10 Å². The van der Waals surface area contributed by atoms with Crippen molar-refractivity contribution in [2.45, 2.75) is 71.9 Å². The Morgan fingerprint density at radius 1 is 1.24 bits per heavy atom. The van der Waals surface area contributed by atoms with E-state index >= 15 is 0 Å². The van der Waals surface area contributed by atoms with Gasteiger partial charge in [-0.1, -0.05) is 40.0 Å². The number of hydrogen-bond acceptors (Lipinski definition) is 2. The summed E-state index contributed by atoms with van der Waals surface area (Å²) in [6, 6.07) is 0.485. The molecule has 1 saturated carbocycles. The largest absolute Gasteiger partial charge is 0.377 e. The molecule has 1 saturated heterocycles. The van der Waals surface area contributed by atoms with Crippen LogP contribution >= 0.6 is 0 Å². The highest BCUT2D eigenvalue weighted by molar-refractivity contribution is 5.80. The van der Waals surface area contributed by atoms with Gasteiger partial charge < -0.3 is 15.4 Å². The number of fused-ring (bicyclic) bond motifs is 1. The van der Waals surface area contributed by atoms with E-state index in [9.17, 15) is 0 Å². The summed E-state index contributed by atoms with van der Waals surface area (Å²) < 4.78 is 5.86. The maximum Gasteiger partial charge on any atom is 0.191 e. The molecule has 3 unspecified atom stereocenters. The van der Waals surface area contributed by atoms with Crippen LogP contribution in [0.4, 0.5) is 0 Å². The molecule has 0 aromatic heterocycles.